The van der Waals surface area contributed by atoms with Gasteiger partial charge in [-0.1, -0.05) is 24.3 Å². The van der Waals surface area contributed by atoms with Crippen LogP contribution >= 0.6 is 0 Å². The second-order valence-electron chi connectivity index (χ2n) is 7.12. The summed E-state index contributed by atoms with van der Waals surface area (Å²) in [5.74, 6) is 0.881. The molecule has 0 spiro atoms. The topological polar surface area (TPSA) is 87.5 Å². The second kappa shape index (κ2) is 10.5. The fraction of sp³-hybridized carbons (Fsp3) is 0.409. The lowest BCUT2D eigenvalue weighted by Gasteiger charge is -2.24. The first kappa shape index (κ1) is 20.6. The van der Waals surface area contributed by atoms with Crippen LogP contribution in [0.4, 0.5) is 5.69 Å². The molecule has 1 atom stereocenters. The average Bonchev–Trinajstić information content (AvgIpc) is 2.72. The number of guanidine groups is 1. The number of pyridine rings is 1. The molecule has 1 unspecified atom stereocenters. The van der Waals surface area contributed by atoms with Crippen LogP contribution < -0.4 is 21.5 Å². The Balaban J connectivity index is 1.50. The number of hydrogen-bond donors (Lipinski definition) is 3. The second-order valence-corrected chi connectivity index (χ2v) is 7.12. The molecule has 1 amide bonds. The van der Waals surface area contributed by atoms with Crippen LogP contribution in [0.3, 0.4) is 0 Å². The first-order valence-corrected chi connectivity index (χ1v) is 10.2. The Hall–Kier alpha value is -3.09. The number of hydrogen-bond acceptors (Lipinski definition) is 3. The van der Waals surface area contributed by atoms with E-state index in [0.717, 1.165) is 43.1 Å². The summed E-state index contributed by atoms with van der Waals surface area (Å²) in [4.78, 5) is 28.4. The van der Waals surface area contributed by atoms with Crippen molar-refractivity contribution in [2.45, 2.75) is 38.6 Å². The summed E-state index contributed by atoms with van der Waals surface area (Å²) in [6.07, 6.45) is 4.11. The van der Waals surface area contributed by atoms with Gasteiger partial charge in [0, 0.05) is 49.9 Å². The van der Waals surface area contributed by atoms with E-state index in [-0.39, 0.29) is 17.4 Å². The summed E-state index contributed by atoms with van der Waals surface area (Å²) < 4.78 is 1.73. The molecule has 0 saturated carbocycles. The number of aliphatic imine (C=N–C) groups is 1. The summed E-state index contributed by atoms with van der Waals surface area (Å²) in [7, 11) is 0. The molecule has 0 aliphatic carbocycles. The monoisotopic (exact) mass is 395 g/mol. The lowest BCUT2D eigenvalue weighted by Crippen LogP contribution is -2.38. The first-order chi connectivity index (χ1) is 14.2. The van der Waals surface area contributed by atoms with Crippen molar-refractivity contribution >= 4 is 17.6 Å². The molecular formula is C22H29N5O2. The summed E-state index contributed by atoms with van der Waals surface area (Å²) in [6, 6.07) is 13.1. The molecule has 1 aromatic heterocycles. The van der Waals surface area contributed by atoms with E-state index in [1.807, 2.05) is 37.4 Å². The summed E-state index contributed by atoms with van der Waals surface area (Å²) in [5.41, 5.74) is 2.06. The molecule has 7 heteroatoms. The number of para-hydroxylation sites is 1. The van der Waals surface area contributed by atoms with Gasteiger partial charge in [-0.25, -0.2) is 0 Å². The highest BCUT2D eigenvalue weighted by molar-refractivity contribution is 5.94. The molecule has 0 bridgehead atoms. The van der Waals surface area contributed by atoms with Crippen LogP contribution in [0.1, 0.15) is 37.7 Å². The molecule has 29 heavy (non-hydrogen) atoms. The van der Waals surface area contributed by atoms with Crippen LogP contribution in [0.5, 0.6) is 0 Å². The van der Waals surface area contributed by atoms with Crippen LogP contribution in [-0.4, -0.2) is 36.1 Å². The zero-order chi connectivity index (χ0) is 20.5. The van der Waals surface area contributed by atoms with Crippen molar-refractivity contribution in [3.63, 3.8) is 0 Å². The number of rotatable bonds is 8. The van der Waals surface area contributed by atoms with Crippen molar-refractivity contribution in [2.75, 3.05) is 25.0 Å². The normalized spacial score (nSPS) is 16.1. The number of carbonyl (C=O) groups is 1. The number of fused-ring (bicyclic) bond motifs is 1. The highest BCUT2D eigenvalue weighted by atomic mass is 16.1. The molecule has 1 aliphatic rings. The van der Waals surface area contributed by atoms with E-state index in [9.17, 15) is 9.59 Å². The number of benzene rings is 1. The van der Waals surface area contributed by atoms with Gasteiger partial charge in [-0.05, 0) is 37.5 Å². The number of aromatic nitrogens is 1. The van der Waals surface area contributed by atoms with Crippen molar-refractivity contribution in [1.29, 1.82) is 0 Å². The lowest BCUT2D eigenvalue weighted by atomic mass is 9.91. The fourth-order valence-electron chi connectivity index (χ4n) is 3.47. The smallest absolute Gasteiger partial charge is 0.250 e. The first-order valence-electron chi connectivity index (χ1n) is 10.2. The van der Waals surface area contributed by atoms with Gasteiger partial charge in [0.2, 0.25) is 11.5 Å². The van der Waals surface area contributed by atoms with Crippen LogP contribution in [0.25, 0.3) is 0 Å². The predicted molar refractivity (Wildman–Crippen MR) is 116 cm³/mol. The third-order valence-electron chi connectivity index (χ3n) is 4.94. The molecule has 0 radical (unpaired) electrons. The molecule has 1 aliphatic heterocycles. The van der Waals surface area contributed by atoms with E-state index in [1.54, 1.807) is 16.7 Å². The Morgan fingerprint density at radius 1 is 1.14 bits per heavy atom. The highest BCUT2D eigenvalue weighted by Gasteiger charge is 2.24. The van der Waals surface area contributed by atoms with E-state index >= 15 is 0 Å². The number of nitrogens with one attached hydrogen (secondary N) is 3. The number of carbonyl (C=O) groups excluding carboxylic acids is 1. The van der Waals surface area contributed by atoms with Crippen LogP contribution in [-0.2, 0) is 11.3 Å². The molecule has 7 nitrogen and oxygen atoms in total. The number of aryl methyl sites for hydroxylation is 1. The fourth-order valence-corrected chi connectivity index (χ4v) is 3.47. The number of nitrogens with zero attached hydrogens (tertiary/aromatic N) is 2. The summed E-state index contributed by atoms with van der Waals surface area (Å²) >= 11 is 0. The van der Waals surface area contributed by atoms with Gasteiger partial charge >= 0.3 is 0 Å². The summed E-state index contributed by atoms with van der Waals surface area (Å²) in [6.45, 7) is 4.84. The third kappa shape index (κ3) is 5.94. The molecule has 1 aromatic carbocycles. The van der Waals surface area contributed by atoms with Gasteiger partial charge in [-0.2, -0.15) is 0 Å². The van der Waals surface area contributed by atoms with Crippen molar-refractivity contribution in [2.24, 2.45) is 4.99 Å². The van der Waals surface area contributed by atoms with E-state index in [1.165, 1.54) is 0 Å². The molecule has 3 N–H and O–H groups in total. The van der Waals surface area contributed by atoms with Crippen LogP contribution in [0.2, 0.25) is 0 Å². The van der Waals surface area contributed by atoms with Crippen molar-refractivity contribution in [1.82, 2.24) is 15.2 Å². The number of unbranched alkanes of at least 4 members (excludes halogenated alkanes) is 1. The standard InChI is InChI=1S/C22H29N5O2/c1-2-23-22(24-12-6-8-14-27-13-7-5-11-21(27)29)25-16-17-15-20(28)26-19-10-4-3-9-18(17)19/h3-5,7,9-11,13,17H,2,6,8,12,14-16H2,1H3,(H,26,28)(H2,23,24,25). The quantitative estimate of drug-likeness (QED) is 0.364. The van der Waals surface area contributed by atoms with E-state index in [0.29, 0.717) is 19.5 Å². The average molecular weight is 396 g/mol. The Labute approximate surface area is 171 Å². The van der Waals surface area contributed by atoms with Gasteiger partial charge in [0.05, 0.1) is 6.54 Å². The van der Waals surface area contributed by atoms with E-state index in [2.05, 4.69) is 22.0 Å². The Morgan fingerprint density at radius 2 is 1.97 bits per heavy atom. The van der Waals surface area contributed by atoms with E-state index in [4.69, 9.17) is 4.99 Å². The zero-order valence-electron chi connectivity index (χ0n) is 16.9. The van der Waals surface area contributed by atoms with Crippen molar-refractivity contribution < 1.29 is 4.79 Å². The molecule has 154 valence electrons. The highest BCUT2D eigenvalue weighted by Crippen LogP contribution is 2.31. The van der Waals surface area contributed by atoms with Crippen molar-refractivity contribution in [3.8, 4) is 0 Å². The molecule has 3 rings (SSSR count). The van der Waals surface area contributed by atoms with Gasteiger partial charge in [0.15, 0.2) is 5.96 Å². The van der Waals surface area contributed by atoms with Gasteiger partial charge in [0.25, 0.3) is 0 Å². The van der Waals surface area contributed by atoms with Crippen LogP contribution in [0.15, 0.2) is 58.4 Å². The minimum Gasteiger partial charge on any atom is -0.357 e. The minimum atomic E-state index is 0.0344. The van der Waals surface area contributed by atoms with Crippen LogP contribution in [0, 0.1) is 0 Å². The van der Waals surface area contributed by atoms with E-state index < -0.39 is 0 Å². The lowest BCUT2D eigenvalue weighted by molar-refractivity contribution is -0.116. The molecule has 2 heterocycles. The Bertz CT molecular complexity index is 906. The predicted octanol–water partition coefficient (Wildman–Crippen LogP) is 2.31. The Morgan fingerprint density at radius 3 is 2.79 bits per heavy atom. The maximum Gasteiger partial charge on any atom is 0.250 e. The number of amides is 1. The Kier molecular flexibility index (Phi) is 7.44. The SMILES string of the molecule is CCNC(=NCC1CC(=O)Nc2ccccc21)NCCCCn1ccccc1=O. The maximum absolute atomic E-state index is 12.0. The largest absolute Gasteiger partial charge is 0.357 e. The van der Waals surface area contributed by atoms with Gasteiger partial charge < -0.3 is 20.5 Å². The molecule has 0 saturated heterocycles. The third-order valence-corrected chi connectivity index (χ3v) is 4.94. The van der Waals surface area contributed by atoms with Crippen molar-refractivity contribution in [3.05, 3.63) is 64.6 Å². The summed E-state index contributed by atoms with van der Waals surface area (Å²) in [5, 5.41) is 9.53. The molecule has 0 fully saturated rings. The minimum absolute atomic E-state index is 0.0344. The van der Waals surface area contributed by atoms with Gasteiger partial charge in [-0.3, -0.25) is 14.6 Å². The van der Waals surface area contributed by atoms with Gasteiger partial charge in [0.1, 0.15) is 0 Å². The molecular weight excluding hydrogens is 366 g/mol. The number of anilines is 1. The zero-order valence-corrected chi connectivity index (χ0v) is 16.9. The van der Waals surface area contributed by atoms with Gasteiger partial charge in [-0.15, -0.1) is 0 Å². The molecule has 2 aromatic rings. The maximum atomic E-state index is 12.0.